The van der Waals surface area contributed by atoms with Gasteiger partial charge in [0.15, 0.2) is 5.76 Å². The van der Waals surface area contributed by atoms with E-state index < -0.39 is 5.92 Å². The van der Waals surface area contributed by atoms with Crippen molar-refractivity contribution in [3.63, 3.8) is 0 Å². The number of aromatic nitrogens is 1. The van der Waals surface area contributed by atoms with Crippen molar-refractivity contribution in [2.45, 2.75) is 5.92 Å². The second kappa shape index (κ2) is 8.35. The zero-order chi connectivity index (χ0) is 22.9. The molecule has 0 saturated heterocycles. The normalized spacial score (nSPS) is 15.8. The van der Waals surface area contributed by atoms with Crippen molar-refractivity contribution >= 4 is 32.6 Å². The van der Waals surface area contributed by atoms with Gasteiger partial charge in [-0.15, -0.1) is 0 Å². The Morgan fingerprint density at radius 2 is 1.52 bits per heavy atom. The maximum atomic E-state index is 10.3. The Bertz CT molecular complexity index is 1520. The molecule has 0 spiro atoms. The van der Waals surface area contributed by atoms with Crippen molar-refractivity contribution in [2.24, 2.45) is 5.73 Å². The summed E-state index contributed by atoms with van der Waals surface area (Å²) in [5, 5.41) is 21.1. The first kappa shape index (κ1) is 20.6. The van der Waals surface area contributed by atoms with Crippen LogP contribution in [0, 0.1) is 22.7 Å². The first-order chi connectivity index (χ1) is 16.1. The Morgan fingerprint density at radius 1 is 0.848 bits per heavy atom. The van der Waals surface area contributed by atoms with Gasteiger partial charge in [-0.05, 0) is 29.3 Å². The number of hydrogen-bond donors (Lipinski definition) is 2. The molecule has 0 saturated carbocycles. The number of nitrogens with zero attached hydrogens (tertiary/aromatic N) is 2. The highest BCUT2D eigenvalue weighted by Crippen LogP contribution is 2.46. The van der Waals surface area contributed by atoms with Gasteiger partial charge in [-0.25, -0.2) is 0 Å². The molecule has 0 fully saturated rings. The van der Waals surface area contributed by atoms with E-state index in [9.17, 15) is 10.5 Å². The third kappa shape index (κ3) is 3.47. The van der Waals surface area contributed by atoms with Crippen molar-refractivity contribution < 1.29 is 4.74 Å². The third-order valence-electron chi connectivity index (χ3n) is 5.74. The van der Waals surface area contributed by atoms with Gasteiger partial charge >= 0.3 is 0 Å². The molecule has 1 aliphatic rings. The van der Waals surface area contributed by atoms with Crippen molar-refractivity contribution in [1.29, 1.82) is 10.5 Å². The molecule has 4 aromatic rings. The van der Waals surface area contributed by atoms with Gasteiger partial charge in [-0.2, -0.15) is 10.5 Å². The SMILES string of the molecule is N#CC1=C(N)OC(c2c(-c3ccccc3)[nH]c3ccccc23)=C(C#N)C1c1ccc(Br)cc1. The second-order valence-corrected chi connectivity index (χ2v) is 8.53. The highest BCUT2D eigenvalue weighted by atomic mass is 79.9. The summed E-state index contributed by atoms with van der Waals surface area (Å²) in [6.07, 6.45) is 0. The van der Waals surface area contributed by atoms with Crippen LogP contribution in [0.25, 0.3) is 27.9 Å². The summed E-state index contributed by atoms with van der Waals surface area (Å²) >= 11 is 3.44. The number of nitriles is 2. The van der Waals surface area contributed by atoms with Crippen LogP contribution < -0.4 is 5.73 Å². The zero-order valence-electron chi connectivity index (χ0n) is 17.3. The lowest BCUT2D eigenvalue weighted by Crippen LogP contribution is -2.20. The van der Waals surface area contributed by atoms with Gasteiger partial charge in [0.25, 0.3) is 0 Å². The molecule has 3 N–H and O–H groups in total. The van der Waals surface area contributed by atoms with Gasteiger partial charge in [-0.1, -0.05) is 76.6 Å². The van der Waals surface area contributed by atoms with Crippen LogP contribution in [0.1, 0.15) is 17.0 Å². The first-order valence-electron chi connectivity index (χ1n) is 10.3. The average molecular weight is 493 g/mol. The largest absolute Gasteiger partial charge is 0.439 e. The molecule has 6 heteroatoms. The maximum absolute atomic E-state index is 10.3. The van der Waals surface area contributed by atoms with Gasteiger partial charge in [0.1, 0.15) is 11.6 Å². The fraction of sp³-hybridized carbons (Fsp3) is 0.0370. The highest BCUT2D eigenvalue weighted by Gasteiger charge is 2.35. The smallest absolute Gasteiger partial charge is 0.205 e. The fourth-order valence-electron chi connectivity index (χ4n) is 4.25. The number of para-hydroxylation sites is 1. The summed E-state index contributed by atoms with van der Waals surface area (Å²) in [6.45, 7) is 0. The molecule has 1 aliphatic heterocycles. The molecule has 1 unspecified atom stereocenters. The quantitative estimate of drug-likeness (QED) is 0.348. The van der Waals surface area contributed by atoms with Crippen LogP contribution >= 0.6 is 15.9 Å². The Morgan fingerprint density at radius 3 is 2.21 bits per heavy atom. The van der Waals surface area contributed by atoms with Crippen molar-refractivity contribution in [1.82, 2.24) is 4.98 Å². The Kier molecular flexibility index (Phi) is 5.22. The van der Waals surface area contributed by atoms with Crippen LogP contribution in [0.15, 0.2) is 100 Å². The summed E-state index contributed by atoms with van der Waals surface area (Å²) in [5.41, 5.74) is 11.0. The molecule has 0 radical (unpaired) electrons. The van der Waals surface area contributed by atoms with E-state index in [0.717, 1.165) is 37.8 Å². The minimum Gasteiger partial charge on any atom is -0.439 e. The van der Waals surface area contributed by atoms with Crippen LogP contribution in [0.3, 0.4) is 0 Å². The van der Waals surface area contributed by atoms with E-state index >= 15 is 0 Å². The molecule has 1 atom stereocenters. The van der Waals surface area contributed by atoms with Gasteiger partial charge in [-0.3, -0.25) is 0 Å². The van der Waals surface area contributed by atoms with E-state index in [1.807, 2.05) is 78.9 Å². The molecule has 158 valence electrons. The number of benzene rings is 3. The van der Waals surface area contributed by atoms with Crippen LogP contribution in [-0.4, -0.2) is 4.98 Å². The lowest BCUT2D eigenvalue weighted by atomic mass is 9.82. The molecule has 0 bridgehead atoms. The number of allylic oxidation sites excluding steroid dienone is 2. The topological polar surface area (TPSA) is 98.6 Å². The second-order valence-electron chi connectivity index (χ2n) is 7.62. The van der Waals surface area contributed by atoms with Crippen molar-refractivity contribution in [3.05, 3.63) is 111 Å². The minimum absolute atomic E-state index is 0.00344. The maximum Gasteiger partial charge on any atom is 0.205 e. The molecular weight excluding hydrogens is 476 g/mol. The minimum atomic E-state index is -0.630. The lowest BCUT2D eigenvalue weighted by molar-refractivity contribution is 0.358. The molecule has 5 rings (SSSR count). The highest BCUT2D eigenvalue weighted by molar-refractivity contribution is 9.10. The predicted octanol–water partition coefficient (Wildman–Crippen LogP) is 6.34. The Balaban J connectivity index is 1.83. The number of H-pyrrole nitrogens is 1. The zero-order valence-corrected chi connectivity index (χ0v) is 18.9. The lowest BCUT2D eigenvalue weighted by Gasteiger charge is -2.26. The predicted molar refractivity (Wildman–Crippen MR) is 131 cm³/mol. The van der Waals surface area contributed by atoms with E-state index in [4.69, 9.17) is 10.5 Å². The van der Waals surface area contributed by atoms with Crippen molar-refractivity contribution in [2.75, 3.05) is 0 Å². The standard InChI is InChI=1S/C27H17BrN4O/c28-18-12-10-16(11-13-18)23-20(14-29)26(33-27(31)21(23)15-30)24-19-8-4-5-9-22(19)32-25(24)17-6-2-1-3-7-17/h1-13,23,32H,31H2. The fourth-order valence-corrected chi connectivity index (χ4v) is 4.51. The summed E-state index contributed by atoms with van der Waals surface area (Å²) in [6, 6.07) is 29.7. The molecule has 2 heterocycles. The third-order valence-corrected chi connectivity index (χ3v) is 6.27. The van der Waals surface area contributed by atoms with Crippen LogP contribution in [-0.2, 0) is 4.74 Å². The number of ether oxygens (including phenoxy) is 1. The van der Waals surface area contributed by atoms with E-state index in [0.29, 0.717) is 11.3 Å². The van der Waals surface area contributed by atoms with Gasteiger partial charge in [0.2, 0.25) is 5.88 Å². The Labute approximate surface area is 199 Å². The number of nitrogens with two attached hydrogens (primary N) is 1. The van der Waals surface area contributed by atoms with Gasteiger partial charge in [0.05, 0.1) is 28.8 Å². The van der Waals surface area contributed by atoms with Crippen LogP contribution in [0.5, 0.6) is 0 Å². The number of hydrogen-bond acceptors (Lipinski definition) is 4. The first-order valence-corrected chi connectivity index (χ1v) is 11.1. The molecule has 1 aromatic heterocycles. The summed E-state index contributed by atoms with van der Waals surface area (Å²) in [4.78, 5) is 3.47. The summed E-state index contributed by atoms with van der Waals surface area (Å²) in [7, 11) is 0. The summed E-state index contributed by atoms with van der Waals surface area (Å²) < 4.78 is 6.95. The monoisotopic (exact) mass is 492 g/mol. The summed E-state index contributed by atoms with van der Waals surface area (Å²) in [5.74, 6) is -0.268. The number of aromatic amines is 1. The van der Waals surface area contributed by atoms with Crippen LogP contribution in [0.4, 0.5) is 0 Å². The molecule has 3 aromatic carbocycles. The number of fused-ring (bicyclic) bond motifs is 1. The van der Waals surface area contributed by atoms with E-state index in [2.05, 4.69) is 33.1 Å². The number of nitrogens with one attached hydrogen (secondary N) is 1. The van der Waals surface area contributed by atoms with Gasteiger partial charge < -0.3 is 15.5 Å². The Hall–Kier alpha value is -4.26. The molecule has 0 amide bonds. The number of rotatable bonds is 3. The van der Waals surface area contributed by atoms with E-state index in [1.54, 1.807) is 0 Å². The number of halogens is 1. The molecule has 5 nitrogen and oxygen atoms in total. The van der Waals surface area contributed by atoms with Crippen LogP contribution in [0.2, 0.25) is 0 Å². The van der Waals surface area contributed by atoms with Gasteiger partial charge in [0, 0.05) is 15.4 Å². The molecule has 0 aliphatic carbocycles. The van der Waals surface area contributed by atoms with E-state index in [1.165, 1.54) is 0 Å². The van der Waals surface area contributed by atoms with Crippen molar-refractivity contribution in [3.8, 4) is 23.4 Å². The average Bonchev–Trinajstić information content (AvgIpc) is 3.24. The molecular formula is C27H17BrN4O. The van der Waals surface area contributed by atoms with E-state index in [-0.39, 0.29) is 11.5 Å². The molecule has 33 heavy (non-hydrogen) atoms.